The number of rotatable bonds is 18. The molecule has 2 atom stereocenters. The van der Waals surface area contributed by atoms with E-state index in [2.05, 4.69) is 10.6 Å². The SMILES string of the molecule is NCCCC[C@H](NC(=O)OCC1c2ccccc2-c2ccccc21)C(=O)C[C@@H](CCCCNC(=O)Cn1cc(F)c(=O)[nH]c1=O)C(N)=O. The summed E-state index contributed by atoms with van der Waals surface area (Å²) in [6.45, 7) is 0.199. The van der Waals surface area contributed by atoms with Crippen LogP contribution in [0.2, 0.25) is 0 Å². The van der Waals surface area contributed by atoms with E-state index in [0.717, 1.165) is 26.8 Å². The van der Waals surface area contributed by atoms with Gasteiger partial charge in [0.1, 0.15) is 13.2 Å². The molecular formula is C34H41FN6O7. The Hall–Kier alpha value is -5.11. The van der Waals surface area contributed by atoms with E-state index < -0.39 is 53.5 Å². The van der Waals surface area contributed by atoms with Crippen LogP contribution in [0.5, 0.6) is 0 Å². The normalized spacial score (nSPS) is 13.2. The van der Waals surface area contributed by atoms with E-state index in [4.69, 9.17) is 16.2 Å². The van der Waals surface area contributed by atoms with Gasteiger partial charge in [-0.15, -0.1) is 0 Å². The van der Waals surface area contributed by atoms with Gasteiger partial charge in [-0.3, -0.25) is 28.7 Å². The van der Waals surface area contributed by atoms with Crippen molar-refractivity contribution in [3.63, 3.8) is 0 Å². The molecule has 0 saturated carbocycles. The fourth-order valence-corrected chi connectivity index (χ4v) is 5.87. The number of hydrogen-bond acceptors (Lipinski definition) is 8. The van der Waals surface area contributed by atoms with Gasteiger partial charge in [-0.2, -0.15) is 4.39 Å². The molecule has 1 aliphatic carbocycles. The number of primary amides is 1. The monoisotopic (exact) mass is 664 g/mol. The highest BCUT2D eigenvalue weighted by molar-refractivity contribution is 5.91. The summed E-state index contributed by atoms with van der Waals surface area (Å²) >= 11 is 0. The molecule has 7 N–H and O–H groups in total. The summed E-state index contributed by atoms with van der Waals surface area (Å²) in [4.78, 5) is 75.4. The van der Waals surface area contributed by atoms with E-state index in [0.29, 0.717) is 44.8 Å². The van der Waals surface area contributed by atoms with E-state index in [-0.39, 0.29) is 37.7 Å². The van der Waals surface area contributed by atoms with Crippen molar-refractivity contribution in [2.75, 3.05) is 19.7 Å². The van der Waals surface area contributed by atoms with Crippen molar-refractivity contribution in [1.29, 1.82) is 0 Å². The number of fused-ring (bicyclic) bond motifs is 3. The summed E-state index contributed by atoms with van der Waals surface area (Å²) < 4.78 is 19.8. The molecule has 1 aliphatic rings. The number of aromatic nitrogens is 2. The van der Waals surface area contributed by atoms with E-state index >= 15 is 0 Å². The number of Topliss-reactive ketones (excluding diaryl/α,β-unsaturated/α-hetero) is 1. The third kappa shape index (κ3) is 9.47. The van der Waals surface area contributed by atoms with Crippen LogP contribution in [0.1, 0.15) is 62.0 Å². The first-order valence-electron chi connectivity index (χ1n) is 16.0. The highest BCUT2D eigenvalue weighted by Crippen LogP contribution is 2.44. The Bertz CT molecular complexity index is 1690. The molecule has 0 radical (unpaired) electrons. The van der Waals surface area contributed by atoms with Gasteiger partial charge in [0.2, 0.25) is 17.6 Å². The maximum atomic E-state index is 13.4. The van der Waals surface area contributed by atoms with Crippen LogP contribution in [0.15, 0.2) is 64.3 Å². The number of ketones is 1. The fraction of sp³-hybridized carbons (Fsp3) is 0.412. The van der Waals surface area contributed by atoms with Gasteiger partial charge >= 0.3 is 11.8 Å². The third-order valence-electron chi connectivity index (χ3n) is 8.40. The number of ether oxygens (including phenoxy) is 1. The molecule has 13 nitrogen and oxygen atoms in total. The molecule has 2 aromatic carbocycles. The predicted octanol–water partition coefficient (Wildman–Crippen LogP) is 2.06. The highest BCUT2D eigenvalue weighted by Gasteiger charge is 2.30. The van der Waals surface area contributed by atoms with Gasteiger partial charge in [0.15, 0.2) is 5.78 Å². The van der Waals surface area contributed by atoms with E-state index in [1.165, 1.54) is 0 Å². The number of unbranched alkanes of at least 4 members (excludes halogenated alkanes) is 2. The third-order valence-corrected chi connectivity index (χ3v) is 8.40. The van der Waals surface area contributed by atoms with Crippen LogP contribution in [0.3, 0.4) is 0 Å². The lowest BCUT2D eigenvalue weighted by molar-refractivity contribution is -0.128. The second-order valence-corrected chi connectivity index (χ2v) is 11.8. The number of nitrogens with two attached hydrogens (primary N) is 2. The first-order chi connectivity index (χ1) is 23.1. The summed E-state index contributed by atoms with van der Waals surface area (Å²) in [6.07, 6.45) is 2.41. The van der Waals surface area contributed by atoms with E-state index in [1.54, 1.807) is 4.98 Å². The van der Waals surface area contributed by atoms with Crippen LogP contribution in [0, 0.1) is 11.7 Å². The van der Waals surface area contributed by atoms with Crippen molar-refractivity contribution < 1.29 is 28.3 Å². The Morgan fingerprint density at radius 2 is 1.58 bits per heavy atom. The molecule has 48 heavy (non-hydrogen) atoms. The first kappa shape index (κ1) is 35.7. The first-order valence-corrected chi connectivity index (χ1v) is 16.0. The topological polar surface area (TPSA) is 208 Å². The summed E-state index contributed by atoms with van der Waals surface area (Å²) in [5.41, 5.74) is 13.5. The number of H-pyrrole nitrogens is 1. The van der Waals surface area contributed by atoms with Crippen LogP contribution in [-0.4, -0.2) is 59.0 Å². The van der Waals surface area contributed by atoms with Crippen molar-refractivity contribution in [2.24, 2.45) is 17.4 Å². The molecule has 0 fully saturated rings. The number of alkyl carbamates (subject to hydrolysis) is 1. The lowest BCUT2D eigenvalue weighted by Crippen LogP contribution is -2.43. The number of amides is 3. The van der Waals surface area contributed by atoms with Gasteiger partial charge in [-0.25, -0.2) is 9.59 Å². The number of nitrogens with zero attached hydrogens (tertiary/aromatic N) is 1. The number of halogens is 1. The Morgan fingerprint density at radius 1 is 0.938 bits per heavy atom. The Morgan fingerprint density at radius 3 is 2.23 bits per heavy atom. The lowest BCUT2D eigenvalue weighted by Gasteiger charge is -2.21. The minimum atomic E-state index is -1.19. The van der Waals surface area contributed by atoms with Crippen molar-refractivity contribution in [2.45, 2.75) is 63.5 Å². The maximum absolute atomic E-state index is 13.4. The molecule has 1 heterocycles. The number of carbonyl (C=O) groups is 4. The summed E-state index contributed by atoms with van der Waals surface area (Å²) in [5, 5.41) is 5.27. The highest BCUT2D eigenvalue weighted by atomic mass is 19.1. The maximum Gasteiger partial charge on any atom is 0.407 e. The molecule has 256 valence electrons. The number of benzene rings is 2. The van der Waals surface area contributed by atoms with Crippen LogP contribution >= 0.6 is 0 Å². The summed E-state index contributed by atoms with van der Waals surface area (Å²) in [6, 6.07) is 15.0. The van der Waals surface area contributed by atoms with Gasteiger partial charge < -0.3 is 26.8 Å². The van der Waals surface area contributed by atoms with Crippen LogP contribution in [0.25, 0.3) is 11.1 Å². The molecule has 0 aliphatic heterocycles. The van der Waals surface area contributed by atoms with Gasteiger partial charge in [-0.1, -0.05) is 55.0 Å². The Kier molecular flexibility index (Phi) is 12.8. The predicted molar refractivity (Wildman–Crippen MR) is 175 cm³/mol. The number of aromatic amines is 1. The number of carbonyl (C=O) groups excluding carboxylic acids is 4. The molecular weight excluding hydrogens is 623 g/mol. The molecule has 4 rings (SSSR count). The minimum absolute atomic E-state index is 0.0858. The molecule has 0 saturated heterocycles. The summed E-state index contributed by atoms with van der Waals surface area (Å²) in [5.74, 6) is -3.72. The Balaban J connectivity index is 1.27. The van der Waals surface area contributed by atoms with Crippen LogP contribution < -0.4 is 33.3 Å². The van der Waals surface area contributed by atoms with Crippen molar-refractivity contribution in [1.82, 2.24) is 20.2 Å². The van der Waals surface area contributed by atoms with Crippen molar-refractivity contribution in [3.05, 3.63) is 92.5 Å². The second-order valence-electron chi connectivity index (χ2n) is 11.8. The van der Waals surface area contributed by atoms with Gasteiger partial charge in [-0.05, 0) is 60.9 Å². The quantitative estimate of drug-likeness (QED) is 0.127. The van der Waals surface area contributed by atoms with Crippen LogP contribution in [-0.2, 0) is 25.7 Å². The Labute approximate surface area is 276 Å². The molecule has 0 spiro atoms. The molecule has 3 amide bonds. The number of hydrogen-bond donors (Lipinski definition) is 5. The van der Waals surface area contributed by atoms with E-state index in [1.807, 2.05) is 48.5 Å². The van der Waals surface area contributed by atoms with Crippen LogP contribution in [0.4, 0.5) is 9.18 Å². The molecule has 0 bridgehead atoms. The minimum Gasteiger partial charge on any atom is -0.449 e. The average molecular weight is 665 g/mol. The second kappa shape index (κ2) is 17.2. The van der Waals surface area contributed by atoms with Crippen molar-refractivity contribution in [3.8, 4) is 11.1 Å². The lowest BCUT2D eigenvalue weighted by atomic mass is 9.91. The van der Waals surface area contributed by atoms with Crippen molar-refractivity contribution >= 4 is 23.7 Å². The smallest absolute Gasteiger partial charge is 0.407 e. The standard InChI is InChI=1S/C34H41FN6O7/c35-27-18-41(33(46)40-32(27)45)19-30(43)38-16-8-6-9-21(31(37)44)17-29(42)28(14-5-7-15-36)39-34(47)48-20-26-24-12-3-1-10-22(24)23-11-2-4-13-25(23)26/h1-4,10-13,18,21,26,28H,5-9,14-17,19-20,36H2,(H2,37,44)(H,38,43)(H,39,47)(H,40,45,46)/t21-,28+/m1/s1. The van der Waals surface area contributed by atoms with E-state index in [9.17, 15) is 33.2 Å². The van der Waals surface area contributed by atoms with Gasteiger partial charge in [0.25, 0.3) is 5.56 Å². The zero-order valence-corrected chi connectivity index (χ0v) is 26.5. The fourth-order valence-electron chi connectivity index (χ4n) is 5.87. The molecule has 1 aromatic heterocycles. The largest absolute Gasteiger partial charge is 0.449 e. The van der Waals surface area contributed by atoms with Gasteiger partial charge in [0, 0.05) is 24.8 Å². The zero-order valence-electron chi connectivity index (χ0n) is 26.5. The average Bonchev–Trinajstić information content (AvgIpc) is 3.38. The van der Waals surface area contributed by atoms with Gasteiger partial charge in [0.05, 0.1) is 12.2 Å². The molecule has 3 aromatic rings. The number of nitrogens with one attached hydrogen (secondary N) is 3. The molecule has 0 unspecified atom stereocenters. The molecule has 14 heteroatoms. The summed E-state index contributed by atoms with van der Waals surface area (Å²) in [7, 11) is 0. The zero-order chi connectivity index (χ0) is 34.6.